The number of hydrazine groups is 1. The van der Waals surface area contributed by atoms with Gasteiger partial charge in [-0.1, -0.05) is 12.8 Å². The quantitative estimate of drug-likeness (QED) is 0.529. The van der Waals surface area contributed by atoms with Gasteiger partial charge >= 0.3 is 0 Å². The summed E-state index contributed by atoms with van der Waals surface area (Å²) in [6.07, 6.45) is 3.94. The maximum atomic E-state index is 11.0. The molecule has 1 saturated heterocycles. The predicted molar refractivity (Wildman–Crippen MR) is 41.1 cm³/mol. The molecule has 0 bridgehead atoms. The van der Waals surface area contributed by atoms with Crippen molar-refractivity contribution in [3.05, 3.63) is 10.4 Å². The highest BCUT2D eigenvalue weighted by Gasteiger charge is 2.47. The van der Waals surface area contributed by atoms with Crippen LogP contribution in [0, 0.1) is 10.4 Å². The van der Waals surface area contributed by atoms with Crippen LogP contribution >= 0.6 is 0 Å². The molecular weight excluding hydrogens is 144 g/mol. The number of hydroxylamine groups is 2. The van der Waals surface area contributed by atoms with Gasteiger partial charge in [0, 0.05) is 11.6 Å². The molecule has 0 aromatic rings. The third-order valence-electron chi connectivity index (χ3n) is 3.01. The standard InChI is InChI=1S/C7H12N2O2/c1-7-5-3-2-4-6(7)8(10)9(7)11/h6H,2-5H2,1H3/q-2. The number of rotatable bonds is 0. The van der Waals surface area contributed by atoms with Crippen LogP contribution in [0.3, 0.4) is 0 Å². The molecule has 0 aromatic carbocycles. The van der Waals surface area contributed by atoms with Crippen molar-refractivity contribution in [1.29, 1.82) is 0 Å². The van der Waals surface area contributed by atoms with Gasteiger partial charge in [0.2, 0.25) is 0 Å². The molecule has 0 aromatic heterocycles. The van der Waals surface area contributed by atoms with Gasteiger partial charge in [-0.3, -0.25) is 0 Å². The van der Waals surface area contributed by atoms with Crippen LogP contribution < -0.4 is 0 Å². The van der Waals surface area contributed by atoms with E-state index in [1.165, 1.54) is 0 Å². The van der Waals surface area contributed by atoms with E-state index in [1.54, 1.807) is 0 Å². The molecule has 2 unspecified atom stereocenters. The number of hydrogen-bond acceptors (Lipinski definition) is 4. The molecule has 1 heterocycles. The maximum absolute atomic E-state index is 11.0. The first-order valence-corrected chi connectivity index (χ1v) is 4.10. The Morgan fingerprint density at radius 3 is 2.73 bits per heavy atom. The second kappa shape index (κ2) is 2.17. The minimum atomic E-state index is -0.361. The van der Waals surface area contributed by atoms with Crippen molar-refractivity contribution in [3.8, 4) is 0 Å². The van der Waals surface area contributed by atoms with Gasteiger partial charge in [-0.05, 0) is 19.8 Å². The van der Waals surface area contributed by atoms with E-state index < -0.39 is 0 Å². The van der Waals surface area contributed by atoms with E-state index in [2.05, 4.69) is 0 Å². The fourth-order valence-electron chi connectivity index (χ4n) is 2.17. The van der Waals surface area contributed by atoms with Crippen molar-refractivity contribution in [2.45, 2.75) is 44.2 Å². The van der Waals surface area contributed by atoms with Crippen molar-refractivity contribution >= 4 is 0 Å². The SMILES string of the molecule is CC12CCCCC1N([O-])N2[O-]. The second-order valence-electron chi connectivity index (χ2n) is 3.69. The van der Waals surface area contributed by atoms with Gasteiger partial charge in [0.15, 0.2) is 0 Å². The molecule has 1 saturated carbocycles. The van der Waals surface area contributed by atoms with Gasteiger partial charge in [0.05, 0.1) is 0 Å². The molecule has 2 rings (SSSR count). The van der Waals surface area contributed by atoms with Crippen LogP contribution in [0.5, 0.6) is 0 Å². The first-order valence-electron chi connectivity index (χ1n) is 4.10. The van der Waals surface area contributed by atoms with E-state index in [0.29, 0.717) is 10.3 Å². The molecule has 2 aliphatic rings. The first-order chi connectivity index (χ1) is 5.16. The summed E-state index contributed by atoms with van der Waals surface area (Å²) in [6.45, 7) is 1.89. The Morgan fingerprint density at radius 1 is 1.36 bits per heavy atom. The van der Waals surface area contributed by atoms with Crippen molar-refractivity contribution in [1.82, 2.24) is 10.3 Å². The van der Waals surface area contributed by atoms with Crippen molar-refractivity contribution in [2.75, 3.05) is 0 Å². The minimum Gasteiger partial charge on any atom is -0.772 e. The van der Waals surface area contributed by atoms with Crippen LogP contribution in [-0.4, -0.2) is 21.9 Å². The highest BCUT2D eigenvalue weighted by atomic mass is 16.7. The zero-order valence-corrected chi connectivity index (χ0v) is 6.62. The average Bonchev–Trinajstić information content (AvgIpc) is 2.04. The van der Waals surface area contributed by atoms with Crippen LogP contribution in [0.4, 0.5) is 0 Å². The summed E-state index contributed by atoms with van der Waals surface area (Å²) in [5, 5.41) is 23.2. The lowest BCUT2D eigenvalue weighted by atomic mass is 9.76. The Labute approximate surface area is 65.9 Å². The zero-order valence-electron chi connectivity index (χ0n) is 6.62. The van der Waals surface area contributed by atoms with Crippen LogP contribution in [-0.2, 0) is 0 Å². The summed E-state index contributed by atoms with van der Waals surface area (Å²) in [5.74, 6) is 0. The Hall–Kier alpha value is -0.160. The first kappa shape index (κ1) is 7.49. The van der Waals surface area contributed by atoms with Crippen molar-refractivity contribution < 1.29 is 0 Å². The topological polar surface area (TPSA) is 52.6 Å². The fourth-order valence-corrected chi connectivity index (χ4v) is 2.17. The summed E-state index contributed by atoms with van der Waals surface area (Å²) in [4.78, 5) is 0. The molecular formula is C7H12N2O2-2. The maximum Gasteiger partial charge on any atom is 0.0343 e. The van der Waals surface area contributed by atoms with Gasteiger partial charge in [0.1, 0.15) is 0 Å². The molecule has 1 aliphatic carbocycles. The largest absolute Gasteiger partial charge is 0.772 e. The van der Waals surface area contributed by atoms with Gasteiger partial charge in [-0.15, -0.1) is 0 Å². The lowest BCUT2D eigenvalue weighted by molar-refractivity contribution is -0.216. The van der Waals surface area contributed by atoms with Crippen LogP contribution in [0.2, 0.25) is 0 Å². The highest BCUT2D eigenvalue weighted by Crippen LogP contribution is 2.44. The Kier molecular flexibility index (Phi) is 1.47. The van der Waals surface area contributed by atoms with E-state index in [0.717, 1.165) is 25.7 Å². The lowest BCUT2D eigenvalue weighted by Crippen LogP contribution is -2.75. The van der Waals surface area contributed by atoms with E-state index in [-0.39, 0.29) is 11.6 Å². The molecule has 0 radical (unpaired) electrons. The lowest BCUT2D eigenvalue weighted by Gasteiger charge is -2.74. The number of hydrogen-bond donors (Lipinski definition) is 0. The molecule has 64 valence electrons. The van der Waals surface area contributed by atoms with E-state index >= 15 is 0 Å². The van der Waals surface area contributed by atoms with E-state index in [4.69, 9.17) is 0 Å². The van der Waals surface area contributed by atoms with Crippen molar-refractivity contribution in [2.24, 2.45) is 0 Å². The third kappa shape index (κ3) is 0.780. The van der Waals surface area contributed by atoms with Crippen LogP contribution in [0.15, 0.2) is 0 Å². The summed E-state index contributed by atoms with van der Waals surface area (Å²) in [7, 11) is 0. The summed E-state index contributed by atoms with van der Waals surface area (Å²) < 4.78 is 0. The minimum absolute atomic E-state index is 0.0336. The monoisotopic (exact) mass is 156 g/mol. The third-order valence-corrected chi connectivity index (χ3v) is 3.01. The average molecular weight is 156 g/mol. The van der Waals surface area contributed by atoms with Crippen molar-refractivity contribution in [3.63, 3.8) is 0 Å². The molecule has 0 spiro atoms. The van der Waals surface area contributed by atoms with Gasteiger partial charge in [-0.25, -0.2) is 0 Å². The van der Waals surface area contributed by atoms with E-state index in [9.17, 15) is 10.4 Å². The molecule has 11 heavy (non-hydrogen) atoms. The van der Waals surface area contributed by atoms with Crippen LogP contribution in [0.1, 0.15) is 32.6 Å². The molecule has 0 N–H and O–H groups in total. The normalized spacial score (nSPS) is 46.6. The number of fused-ring (bicyclic) bond motifs is 1. The number of nitrogens with zero attached hydrogens (tertiary/aromatic N) is 2. The molecule has 0 amide bonds. The Morgan fingerprint density at radius 2 is 2.09 bits per heavy atom. The molecule has 4 nitrogen and oxygen atoms in total. The highest BCUT2D eigenvalue weighted by molar-refractivity contribution is 5.07. The summed E-state index contributed by atoms with van der Waals surface area (Å²) in [5.41, 5.74) is -0.361. The van der Waals surface area contributed by atoms with Gasteiger partial charge in [0.25, 0.3) is 0 Å². The summed E-state index contributed by atoms with van der Waals surface area (Å²) >= 11 is 0. The summed E-state index contributed by atoms with van der Waals surface area (Å²) in [6, 6.07) is -0.0336. The Balaban J connectivity index is 2.13. The fraction of sp³-hybridized carbons (Fsp3) is 1.00. The van der Waals surface area contributed by atoms with E-state index in [1.807, 2.05) is 6.92 Å². The molecule has 2 fully saturated rings. The molecule has 2 atom stereocenters. The molecule has 1 aliphatic heterocycles. The Bertz CT molecular complexity index is 176. The second-order valence-corrected chi connectivity index (χ2v) is 3.69. The molecule has 4 heteroatoms. The predicted octanol–water partition coefficient (Wildman–Crippen LogP) is 1.22. The smallest absolute Gasteiger partial charge is 0.0343 e. The van der Waals surface area contributed by atoms with Crippen LogP contribution in [0.25, 0.3) is 0 Å². The van der Waals surface area contributed by atoms with Gasteiger partial charge in [-0.2, -0.15) is 0 Å². The van der Waals surface area contributed by atoms with Gasteiger partial charge < -0.3 is 20.8 Å². The zero-order chi connectivity index (χ0) is 8.06.